The van der Waals surface area contributed by atoms with Crippen LogP contribution in [0.15, 0.2) is 24.3 Å². The number of hydrogen-bond donors (Lipinski definition) is 0. The van der Waals surface area contributed by atoms with Gasteiger partial charge in [-0.1, -0.05) is 32.0 Å². The largest absolute Gasteiger partial charge is 0.462 e. The van der Waals surface area contributed by atoms with Crippen LogP contribution in [-0.2, 0) is 25.2 Å². The van der Waals surface area contributed by atoms with Crippen LogP contribution in [0.2, 0.25) is 0 Å². The van der Waals surface area contributed by atoms with Crippen molar-refractivity contribution in [3.8, 4) is 0 Å². The third kappa shape index (κ3) is 7.23. The van der Waals surface area contributed by atoms with Crippen LogP contribution in [-0.4, -0.2) is 23.6 Å². The molecule has 1 rings (SSSR count). The summed E-state index contributed by atoms with van der Waals surface area (Å²) >= 11 is 0. The average molecular weight is 388 g/mol. The van der Waals surface area contributed by atoms with Crippen molar-refractivity contribution in [3.63, 3.8) is 0 Å². The van der Waals surface area contributed by atoms with Crippen molar-refractivity contribution in [2.45, 2.75) is 71.8 Å². The van der Waals surface area contributed by atoms with Crippen molar-refractivity contribution in [3.05, 3.63) is 35.4 Å². The van der Waals surface area contributed by atoms with Crippen molar-refractivity contribution in [1.29, 1.82) is 0 Å². The first-order chi connectivity index (χ1) is 12.2. The molecule has 7 heteroatoms. The number of halogens is 3. The Morgan fingerprint density at radius 3 is 2.11 bits per heavy atom. The lowest BCUT2D eigenvalue weighted by atomic mass is 9.91. The first-order valence-corrected chi connectivity index (χ1v) is 8.81. The van der Waals surface area contributed by atoms with Gasteiger partial charge < -0.3 is 9.47 Å². The third-order valence-corrected chi connectivity index (χ3v) is 4.06. The maximum absolute atomic E-state index is 13.2. The maximum Gasteiger partial charge on any atom is 0.416 e. The van der Waals surface area contributed by atoms with E-state index in [9.17, 15) is 22.8 Å². The zero-order valence-electron chi connectivity index (χ0n) is 16.5. The summed E-state index contributed by atoms with van der Waals surface area (Å²) in [5.41, 5.74) is -1.35. The molecular formula is C20H27F3O4. The predicted molar refractivity (Wildman–Crippen MR) is 95.0 cm³/mol. The molecule has 0 aliphatic rings. The molecule has 0 bridgehead atoms. The van der Waals surface area contributed by atoms with Crippen LogP contribution in [0.5, 0.6) is 0 Å². The summed E-state index contributed by atoms with van der Waals surface area (Å²) in [4.78, 5) is 24.0. The number of ether oxygens (including phenoxy) is 2. The Bertz CT molecular complexity index is 662. The minimum Gasteiger partial charge on any atom is -0.462 e. The summed E-state index contributed by atoms with van der Waals surface area (Å²) in [5, 5.41) is 0. The molecule has 1 aromatic rings. The third-order valence-electron chi connectivity index (χ3n) is 4.06. The number of rotatable bonds is 6. The summed E-state index contributed by atoms with van der Waals surface area (Å²) in [7, 11) is 0. The molecule has 152 valence electrons. The molecule has 1 aromatic carbocycles. The van der Waals surface area contributed by atoms with Gasteiger partial charge in [-0.15, -0.1) is 0 Å². The Kier molecular flexibility index (Phi) is 7.46. The summed E-state index contributed by atoms with van der Waals surface area (Å²) in [6, 6.07) is 5.22. The zero-order valence-corrected chi connectivity index (χ0v) is 16.5. The molecule has 3 atom stereocenters. The number of hydrogen-bond acceptors (Lipinski definition) is 4. The molecule has 0 N–H and O–H groups in total. The molecule has 0 saturated heterocycles. The van der Waals surface area contributed by atoms with E-state index in [0.29, 0.717) is 0 Å². The maximum atomic E-state index is 13.2. The van der Waals surface area contributed by atoms with Crippen molar-refractivity contribution in [1.82, 2.24) is 0 Å². The molecule has 4 nitrogen and oxygen atoms in total. The van der Waals surface area contributed by atoms with E-state index in [2.05, 4.69) is 0 Å². The van der Waals surface area contributed by atoms with E-state index in [1.165, 1.54) is 32.0 Å². The van der Waals surface area contributed by atoms with E-state index in [1.807, 2.05) is 0 Å². The summed E-state index contributed by atoms with van der Waals surface area (Å²) in [6.07, 6.45) is -5.43. The molecular weight excluding hydrogens is 361 g/mol. The normalized spacial score (nSPS) is 15.6. The lowest BCUT2D eigenvalue weighted by molar-refractivity contribution is -0.163. The molecule has 0 heterocycles. The highest BCUT2D eigenvalue weighted by molar-refractivity contribution is 5.80. The molecule has 0 saturated carbocycles. The van der Waals surface area contributed by atoms with Gasteiger partial charge in [-0.2, -0.15) is 13.2 Å². The minimum absolute atomic E-state index is 0.0603. The highest BCUT2D eigenvalue weighted by Gasteiger charge is 2.36. The van der Waals surface area contributed by atoms with E-state index in [0.717, 1.165) is 6.07 Å². The first kappa shape index (κ1) is 23.0. The van der Waals surface area contributed by atoms with Crippen LogP contribution in [0, 0.1) is 5.92 Å². The fourth-order valence-electron chi connectivity index (χ4n) is 2.52. The number of carbonyl (C=O) groups is 2. The van der Waals surface area contributed by atoms with Gasteiger partial charge >= 0.3 is 18.1 Å². The Morgan fingerprint density at radius 1 is 1.04 bits per heavy atom. The van der Waals surface area contributed by atoms with Gasteiger partial charge in [0.05, 0.1) is 17.9 Å². The molecule has 0 aliphatic heterocycles. The van der Waals surface area contributed by atoms with Gasteiger partial charge in [0, 0.05) is 5.92 Å². The molecule has 0 amide bonds. The fourth-order valence-corrected chi connectivity index (χ4v) is 2.52. The van der Waals surface area contributed by atoms with E-state index >= 15 is 0 Å². The standard InChI is InChI=1S/C20H27F3O4/c1-12(11-17(24)27-19(4,5)6)18(25)26-14(3)13(2)15-9-7-8-10-16(15)20(21,22)23/h7-10,12-14H,11H2,1-6H3/t12-,13+,14-/m1/s1. The molecule has 0 spiro atoms. The van der Waals surface area contributed by atoms with Crippen LogP contribution in [0.25, 0.3) is 0 Å². The van der Waals surface area contributed by atoms with E-state index in [1.54, 1.807) is 27.7 Å². The van der Waals surface area contributed by atoms with Crippen LogP contribution in [0.3, 0.4) is 0 Å². The Balaban J connectivity index is 2.77. The zero-order chi connectivity index (χ0) is 21.0. The first-order valence-electron chi connectivity index (χ1n) is 8.81. The molecule has 0 aliphatic carbocycles. The van der Waals surface area contributed by atoms with Crippen molar-refractivity contribution in [2.75, 3.05) is 0 Å². The average Bonchev–Trinajstić information content (AvgIpc) is 2.51. The molecule has 0 unspecified atom stereocenters. The van der Waals surface area contributed by atoms with Gasteiger partial charge in [0.25, 0.3) is 0 Å². The van der Waals surface area contributed by atoms with Crippen molar-refractivity contribution in [2.24, 2.45) is 5.92 Å². The summed E-state index contributed by atoms with van der Waals surface area (Å²) < 4.78 is 50.0. The second kappa shape index (κ2) is 8.76. The monoisotopic (exact) mass is 388 g/mol. The van der Waals surface area contributed by atoms with Crippen molar-refractivity contribution >= 4 is 11.9 Å². The predicted octanol–water partition coefficient (Wildman–Crippen LogP) is 5.11. The quantitative estimate of drug-likeness (QED) is 0.636. The topological polar surface area (TPSA) is 52.6 Å². The van der Waals surface area contributed by atoms with Gasteiger partial charge in [0.2, 0.25) is 0 Å². The molecule has 0 radical (unpaired) electrons. The van der Waals surface area contributed by atoms with Gasteiger partial charge in [0.15, 0.2) is 0 Å². The van der Waals surface area contributed by atoms with Gasteiger partial charge in [-0.3, -0.25) is 9.59 Å². The van der Waals surface area contributed by atoms with Crippen LogP contribution in [0.1, 0.15) is 65.0 Å². The lowest BCUT2D eigenvalue weighted by Gasteiger charge is -2.25. The van der Waals surface area contributed by atoms with Crippen LogP contribution in [0.4, 0.5) is 13.2 Å². The number of esters is 2. The van der Waals surface area contributed by atoms with E-state index in [4.69, 9.17) is 9.47 Å². The number of benzene rings is 1. The Hall–Kier alpha value is -2.05. The molecule has 0 fully saturated rings. The van der Waals surface area contributed by atoms with Gasteiger partial charge in [0.1, 0.15) is 11.7 Å². The van der Waals surface area contributed by atoms with Crippen molar-refractivity contribution < 1.29 is 32.2 Å². The number of carbonyl (C=O) groups excluding carboxylic acids is 2. The smallest absolute Gasteiger partial charge is 0.416 e. The second-order valence-electron chi connectivity index (χ2n) is 7.71. The summed E-state index contributed by atoms with van der Waals surface area (Å²) in [5.74, 6) is -2.60. The second-order valence-corrected chi connectivity index (χ2v) is 7.71. The fraction of sp³-hybridized carbons (Fsp3) is 0.600. The Labute approximate surface area is 158 Å². The van der Waals surface area contributed by atoms with Gasteiger partial charge in [-0.05, 0) is 39.3 Å². The van der Waals surface area contributed by atoms with Gasteiger partial charge in [-0.25, -0.2) is 0 Å². The van der Waals surface area contributed by atoms with E-state index < -0.39 is 47.2 Å². The van der Waals surface area contributed by atoms with Crippen LogP contribution < -0.4 is 0 Å². The highest BCUT2D eigenvalue weighted by Crippen LogP contribution is 2.36. The van der Waals surface area contributed by atoms with E-state index in [-0.39, 0.29) is 12.0 Å². The number of alkyl halides is 3. The highest BCUT2D eigenvalue weighted by atomic mass is 19.4. The lowest BCUT2D eigenvalue weighted by Crippen LogP contribution is -2.29. The molecule has 0 aromatic heterocycles. The summed E-state index contributed by atoms with van der Waals surface area (Å²) in [6.45, 7) is 9.78. The van der Waals surface area contributed by atoms with Crippen LogP contribution >= 0.6 is 0 Å². The SMILES string of the molecule is C[C@H](CC(=O)OC(C)(C)C)C(=O)O[C@H](C)[C@H](C)c1ccccc1C(F)(F)F. The Morgan fingerprint density at radius 2 is 1.59 bits per heavy atom. The minimum atomic E-state index is -4.49. The molecule has 27 heavy (non-hydrogen) atoms.